The van der Waals surface area contributed by atoms with E-state index in [0.717, 1.165) is 17.0 Å². The van der Waals surface area contributed by atoms with E-state index in [-0.39, 0.29) is 11.5 Å². The lowest BCUT2D eigenvalue weighted by Gasteiger charge is -2.10. The zero-order valence-electron chi connectivity index (χ0n) is 11.5. The Morgan fingerprint density at radius 1 is 1.30 bits per heavy atom. The smallest absolute Gasteiger partial charge is 0.276 e. The Hall–Kier alpha value is -3.77. The molecule has 3 N–H and O–H groups in total. The monoisotopic (exact) mass is 321 g/mol. The van der Waals surface area contributed by atoms with Crippen molar-refractivity contribution in [3.8, 4) is 5.75 Å². The lowest BCUT2D eigenvalue weighted by atomic mass is 10.1. The predicted octanol–water partition coefficient (Wildman–Crippen LogP) is -0.364. The maximum absolute atomic E-state index is 11.9. The first-order valence-corrected chi connectivity index (χ1v) is 5.91. The van der Waals surface area contributed by atoms with Crippen molar-refractivity contribution in [2.45, 2.75) is 6.92 Å². The van der Waals surface area contributed by atoms with Crippen molar-refractivity contribution in [1.82, 2.24) is 14.9 Å². The maximum Gasteiger partial charge on any atom is 0.276 e. The van der Waals surface area contributed by atoms with Crippen LogP contribution >= 0.6 is 0 Å². The molecule has 0 atom stereocenters. The molecule has 0 saturated carbocycles. The van der Waals surface area contributed by atoms with Crippen LogP contribution in [-0.2, 0) is 0 Å². The van der Waals surface area contributed by atoms with Gasteiger partial charge < -0.3 is 10.9 Å². The largest absolute Gasteiger partial charge is 0.867 e. The van der Waals surface area contributed by atoms with Gasteiger partial charge in [0.25, 0.3) is 17.3 Å². The number of anilines is 1. The number of nitrogen functional groups attached to an aromatic ring is 1. The average molecular weight is 321 g/mol. The summed E-state index contributed by atoms with van der Waals surface area (Å²) in [6, 6.07) is 1.46. The number of rotatable bonds is 5. The van der Waals surface area contributed by atoms with E-state index in [0.29, 0.717) is 11.9 Å². The SMILES string of the molecule is Cc1nnc(N/N=C\c2cc([N+](=O)[O-])cc([N+](=O)[O-])c2[O-])n1N. The van der Waals surface area contributed by atoms with Gasteiger partial charge >= 0.3 is 0 Å². The quantitative estimate of drug-likeness (QED) is 0.320. The predicted molar refractivity (Wildman–Crippen MR) is 75.3 cm³/mol. The second-order valence-electron chi connectivity index (χ2n) is 4.21. The molecule has 23 heavy (non-hydrogen) atoms. The van der Waals surface area contributed by atoms with Crippen LogP contribution in [0.2, 0.25) is 0 Å². The first-order chi connectivity index (χ1) is 10.8. The number of nitrogens with one attached hydrogen (secondary N) is 1. The number of aromatic nitrogens is 3. The molecule has 0 spiro atoms. The molecular formula is C10H9N8O5-. The molecule has 0 saturated heterocycles. The Bertz CT molecular complexity index is 814. The minimum Gasteiger partial charge on any atom is -0.867 e. The number of hydrogen-bond donors (Lipinski definition) is 2. The number of nitrogens with zero attached hydrogens (tertiary/aromatic N) is 6. The van der Waals surface area contributed by atoms with E-state index < -0.39 is 27.0 Å². The molecule has 2 aromatic rings. The standard InChI is InChI=1S/C10H10N8O5/c1-5-13-15-10(16(5)11)14-12-4-6-2-7(17(20)21)3-8(9(6)19)18(22)23/h2-4,19H,11H2,1H3,(H,14,15)/p-1/b12-4-. The van der Waals surface area contributed by atoms with Crippen molar-refractivity contribution < 1.29 is 15.0 Å². The molecule has 0 aliphatic rings. The third-order valence-corrected chi connectivity index (χ3v) is 2.72. The summed E-state index contributed by atoms with van der Waals surface area (Å²) >= 11 is 0. The number of nitro groups is 2. The van der Waals surface area contributed by atoms with E-state index in [1.165, 1.54) is 0 Å². The second-order valence-corrected chi connectivity index (χ2v) is 4.21. The molecule has 1 heterocycles. The van der Waals surface area contributed by atoms with Crippen molar-refractivity contribution in [2.24, 2.45) is 5.10 Å². The first-order valence-electron chi connectivity index (χ1n) is 5.91. The maximum atomic E-state index is 11.9. The van der Waals surface area contributed by atoms with E-state index in [9.17, 15) is 25.3 Å². The fraction of sp³-hybridized carbons (Fsp3) is 0.100. The van der Waals surface area contributed by atoms with Crippen molar-refractivity contribution in [3.05, 3.63) is 43.7 Å². The Labute approximate surface area is 127 Å². The van der Waals surface area contributed by atoms with E-state index >= 15 is 0 Å². The average Bonchev–Trinajstić information content (AvgIpc) is 2.80. The highest BCUT2D eigenvalue weighted by Crippen LogP contribution is 2.31. The number of non-ortho nitro benzene ring substituents is 1. The molecule has 0 amide bonds. The van der Waals surface area contributed by atoms with Gasteiger partial charge in [-0.3, -0.25) is 20.2 Å². The number of benzene rings is 1. The van der Waals surface area contributed by atoms with E-state index in [1.807, 2.05) is 0 Å². The highest BCUT2D eigenvalue weighted by molar-refractivity contribution is 5.87. The second kappa shape index (κ2) is 5.92. The van der Waals surface area contributed by atoms with Gasteiger partial charge in [0, 0.05) is 11.6 Å². The van der Waals surface area contributed by atoms with Crippen LogP contribution in [-0.4, -0.2) is 30.9 Å². The Morgan fingerprint density at radius 3 is 2.52 bits per heavy atom. The Balaban J connectivity index is 2.34. The molecule has 1 aromatic heterocycles. The Morgan fingerprint density at radius 2 is 2.00 bits per heavy atom. The van der Waals surface area contributed by atoms with Gasteiger partial charge in [0.05, 0.1) is 22.1 Å². The number of hydrogen-bond acceptors (Lipinski definition) is 10. The molecule has 0 unspecified atom stereocenters. The highest BCUT2D eigenvalue weighted by Gasteiger charge is 2.18. The van der Waals surface area contributed by atoms with Gasteiger partial charge in [-0.1, -0.05) is 0 Å². The van der Waals surface area contributed by atoms with E-state index in [1.54, 1.807) is 6.92 Å². The fourth-order valence-electron chi connectivity index (χ4n) is 1.56. The summed E-state index contributed by atoms with van der Waals surface area (Å²) in [7, 11) is 0. The first kappa shape index (κ1) is 15.6. The number of hydrazone groups is 1. The molecule has 1 aromatic carbocycles. The van der Waals surface area contributed by atoms with Gasteiger partial charge in [-0.25, -0.2) is 10.1 Å². The third-order valence-electron chi connectivity index (χ3n) is 2.72. The minimum atomic E-state index is -1.00. The molecular weight excluding hydrogens is 312 g/mol. The van der Waals surface area contributed by atoms with Gasteiger partial charge in [0.2, 0.25) is 0 Å². The molecule has 13 nitrogen and oxygen atoms in total. The zero-order valence-corrected chi connectivity index (χ0v) is 11.5. The molecule has 0 aliphatic heterocycles. The van der Waals surface area contributed by atoms with Crippen LogP contribution in [0.5, 0.6) is 5.75 Å². The summed E-state index contributed by atoms with van der Waals surface area (Å²) in [4.78, 5) is 19.7. The van der Waals surface area contributed by atoms with Crippen molar-refractivity contribution in [1.29, 1.82) is 0 Å². The Kier molecular flexibility index (Phi) is 4.02. The van der Waals surface area contributed by atoms with Crippen LogP contribution in [0, 0.1) is 27.2 Å². The van der Waals surface area contributed by atoms with E-state index in [2.05, 4.69) is 20.7 Å². The number of nitro benzene ring substituents is 2. The summed E-state index contributed by atoms with van der Waals surface area (Å²) in [5.74, 6) is 4.99. The summed E-state index contributed by atoms with van der Waals surface area (Å²) in [5.41, 5.74) is 0.508. The number of aryl methyl sites for hydroxylation is 1. The van der Waals surface area contributed by atoms with Crippen LogP contribution < -0.4 is 16.4 Å². The molecule has 0 fully saturated rings. The van der Waals surface area contributed by atoms with Crippen molar-refractivity contribution >= 4 is 23.5 Å². The normalized spacial score (nSPS) is 10.8. The highest BCUT2D eigenvalue weighted by atomic mass is 16.6. The van der Waals surface area contributed by atoms with Gasteiger partial charge in [0.15, 0.2) is 5.82 Å². The summed E-state index contributed by atoms with van der Waals surface area (Å²) < 4.78 is 1.07. The molecule has 13 heteroatoms. The van der Waals surface area contributed by atoms with Crippen LogP contribution in [0.4, 0.5) is 17.3 Å². The van der Waals surface area contributed by atoms with Crippen molar-refractivity contribution in [3.63, 3.8) is 0 Å². The summed E-state index contributed by atoms with van der Waals surface area (Å²) in [5, 5.41) is 44.3. The summed E-state index contributed by atoms with van der Waals surface area (Å²) in [6.45, 7) is 1.58. The number of nitrogens with two attached hydrogens (primary N) is 1. The van der Waals surface area contributed by atoms with Crippen LogP contribution in [0.15, 0.2) is 17.2 Å². The van der Waals surface area contributed by atoms with Crippen molar-refractivity contribution in [2.75, 3.05) is 11.3 Å². The van der Waals surface area contributed by atoms with Crippen LogP contribution in [0.1, 0.15) is 11.4 Å². The molecule has 2 rings (SSSR count). The lowest BCUT2D eigenvalue weighted by Crippen LogP contribution is -2.13. The lowest BCUT2D eigenvalue weighted by molar-refractivity contribution is -0.403. The minimum absolute atomic E-state index is 0.0473. The van der Waals surface area contributed by atoms with Gasteiger partial charge in [-0.05, 0) is 12.7 Å². The molecule has 0 bridgehead atoms. The third kappa shape index (κ3) is 3.12. The van der Waals surface area contributed by atoms with Gasteiger partial charge in [0.1, 0.15) is 0 Å². The summed E-state index contributed by atoms with van der Waals surface area (Å²) in [6.07, 6.45) is 0.895. The van der Waals surface area contributed by atoms with Crippen LogP contribution in [0.25, 0.3) is 0 Å². The molecule has 0 radical (unpaired) electrons. The van der Waals surface area contributed by atoms with E-state index in [4.69, 9.17) is 5.84 Å². The molecule has 0 aliphatic carbocycles. The van der Waals surface area contributed by atoms with Crippen LogP contribution in [0.3, 0.4) is 0 Å². The molecule has 120 valence electrons. The zero-order chi connectivity index (χ0) is 17.1. The fourth-order valence-corrected chi connectivity index (χ4v) is 1.56. The van der Waals surface area contributed by atoms with Gasteiger partial charge in [-0.2, -0.15) is 5.10 Å². The van der Waals surface area contributed by atoms with Gasteiger partial charge in [-0.15, -0.1) is 10.2 Å². The topological polar surface area (TPSA) is 190 Å².